The number of rotatable bonds is 6. The molecule has 0 aliphatic carbocycles. The van der Waals surface area contributed by atoms with E-state index in [4.69, 9.17) is 4.74 Å². The summed E-state index contributed by atoms with van der Waals surface area (Å²) in [5.41, 5.74) is 1.87. The van der Waals surface area contributed by atoms with Crippen LogP contribution in [0.25, 0.3) is 5.69 Å². The summed E-state index contributed by atoms with van der Waals surface area (Å²) in [6.45, 7) is 2.64. The van der Waals surface area contributed by atoms with Crippen molar-refractivity contribution >= 4 is 11.7 Å². The zero-order chi connectivity index (χ0) is 21.5. The molecule has 4 heterocycles. The molecule has 0 radical (unpaired) electrons. The highest BCUT2D eigenvalue weighted by molar-refractivity contribution is 5.89. The molecule has 0 spiro atoms. The van der Waals surface area contributed by atoms with Gasteiger partial charge in [0.05, 0.1) is 11.4 Å². The zero-order valence-electron chi connectivity index (χ0n) is 16.6. The second kappa shape index (κ2) is 7.56. The molecule has 2 fully saturated rings. The maximum Gasteiger partial charge on any atom is 0.263 e. The van der Waals surface area contributed by atoms with Gasteiger partial charge in [0.1, 0.15) is 18.3 Å². The van der Waals surface area contributed by atoms with Gasteiger partial charge in [-0.3, -0.25) is 4.79 Å². The van der Waals surface area contributed by atoms with Crippen LogP contribution in [-0.2, 0) is 11.4 Å². The number of amides is 1. The number of carbonyl (C=O) groups excluding carboxylic acids is 1. The first-order valence-electron chi connectivity index (χ1n) is 9.83. The van der Waals surface area contributed by atoms with Crippen molar-refractivity contribution in [1.82, 2.24) is 30.5 Å². The van der Waals surface area contributed by atoms with Crippen molar-refractivity contribution in [2.24, 2.45) is 0 Å². The van der Waals surface area contributed by atoms with Crippen molar-refractivity contribution in [1.29, 1.82) is 0 Å². The van der Waals surface area contributed by atoms with Crippen LogP contribution in [-0.4, -0.2) is 49.7 Å². The van der Waals surface area contributed by atoms with Crippen molar-refractivity contribution < 1.29 is 18.3 Å². The van der Waals surface area contributed by atoms with Crippen LogP contribution in [0.2, 0.25) is 0 Å². The van der Waals surface area contributed by atoms with Crippen LogP contribution in [0.1, 0.15) is 29.8 Å². The van der Waals surface area contributed by atoms with Crippen molar-refractivity contribution in [3.63, 3.8) is 0 Å². The van der Waals surface area contributed by atoms with Gasteiger partial charge in [-0.25, -0.2) is 13.5 Å². The van der Waals surface area contributed by atoms with Gasteiger partial charge < -0.3 is 15.0 Å². The Kier molecular flexibility index (Phi) is 4.72. The third kappa shape index (κ3) is 3.56. The first kappa shape index (κ1) is 19.3. The van der Waals surface area contributed by atoms with Crippen LogP contribution in [0.4, 0.5) is 14.6 Å². The van der Waals surface area contributed by atoms with Crippen LogP contribution >= 0.6 is 0 Å². The monoisotopic (exact) mass is 427 g/mol. The van der Waals surface area contributed by atoms with Crippen LogP contribution < -0.4 is 15.0 Å². The summed E-state index contributed by atoms with van der Waals surface area (Å²) >= 11 is 0. The minimum atomic E-state index is -2.53. The molecule has 2 atom stereocenters. The molecule has 2 bridgehead atoms. The van der Waals surface area contributed by atoms with E-state index in [2.05, 4.69) is 25.8 Å². The second-order valence-electron chi connectivity index (χ2n) is 7.55. The quantitative estimate of drug-likeness (QED) is 0.642. The number of aryl methyl sites for hydroxylation is 1. The maximum atomic E-state index is 12.8. The molecule has 160 valence electrons. The van der Waals surface area contributed by atoms with Crippen LogP contribution in [0.3, 0.4) is 0 Å². The number of halogens is 2. The van der Waals surface area contributed by atoms with Crippen LogP contribution in [0.5, 0.6) is 5.88 Å². The fraction of sp³-hybridized carbons (Fsp3) is 0.350. The summed E-state index contributed by atoms with van der Waals surface area (Å²) in [6, 6.07) is 9.30. The van der Waals surface area contributed by atoms with E-state index in [1.807, 2.05) is 4.90 Å². The molecule has 0 saturated carbocycles. The fourth-order valence-corrected chi connectivity index (χ4v) is 3.94. The molecule has 2 aromatic heterocycles. The number of aromatic nitrogens is 5. The summed E-state index contributed by atoms with van der Waals surface area (Å²) in [7, 11) is 0. The predicted molar refractivity (Wildman–Crippen MR) is 105 cm³/mol. The Morgan fingerprint density at radius 1 is 1.16 bits per heavy atom. The van der Waals surface area contributed by atoms with E-state index in [9.17, 15) is 13.6 Å². The van der Waals surface area contributed by atoms with Crippen molar-refractivity contribution in [3.05, 3.63) is 53.3 Å². The molecular weight excluding hydrogens is 408 g/mol. The number of fused-ring (bicyclic) bond motifs is 2. The van der Waals surface area contributed by atoms with Gasteiger partial charge in [0.25, 0.3) is 6.43 Å². The molecule has 2 aliphatic heterocycles. The number of piperazine rings is 1. The number of nitrogens with one attached hydrogen (secondary N) is 1. The van der Waals surface area contributed by atoms with E-state index >= 15 is 0 Å². The average Bonchev–Trinajstić information content (AvgIpc) is 3.46. The second-order valence-corrected chi connectivity index (χ2v) is 7.55. The van der Waals surface area contributed by atoms with Crippen LogP contribution in [0.15, 0.2) is 36.4 Å². The number of hydrogen-bond donors (Lipinski definition) is 1. The maximum absolute atomic E-state index is 12.8. The number of ether oxygens (including phenoxy) is 1. The van der Waals surface area contributed by atoms with Gasteiger partial charge in [0.15, 0.2) is 5.82 Å². The lowest BCUT2D eigenvalue weighted by molar-refractivity contribution is -0.121. The molecule has 11 heteroatoms. The van der Waals surface area contributed by atoms with Gasteiger partial charge in [0.2, 0.25) is 11.8 Å². The van der Waals surface area contributed by atoms with Gasteiger partial charge in [-0.05, 0) is 31.5 Å². The number of hydrogen-bond acceptors (Lipinski definition) is 7. The lowest BCUT2D eigenvalue weighted by Crippen LogP contribution is -2.48. The van der Waals surface area contributed by atoms with Crippen molar-refractivity contribution in [2.75, 3.05) is 11.4 Å². The SMILES string of the molecule is Cc1nnn(-c2ccc(C(F)F)cc2)c1COc1ccc(N2C[C@H]3C[C@@H]2C(=O)N3)nn1. The molecule has 5 rings (SSSR count). The summed E-state index contributed by atoms with van der Waals surface area (Å²) in [5, 5.41) is 19.4. The third-order valence-electron chi connectivity index (χ3n) is 5.57. The molecule has 2 saturated heterocycles. The smallest absolute Gasteiger partial charge is 0.263 e. The molecule has 2 aliphatic rings. The Morgan fingerprint density at radius 3 is 2.61 bits per heavy atom. The Labute approximate surface area is 176 Å². The normalized spacial score (nSPS) is 19.9. The molecule has 1 aromatic carbocycles. The van der Waals surface area contributed by atoms with E-state index in [1.165, 1.54) is 12.1 Å². The lowest BCUT2D eigenvalue weighted by atomic mass is 10.2. The average molecular weight is 427 g/mol. The highest BCUT2D eigenvalue weighted by Gasteiger charge is 2.44. The number of carbonyl (C=O) groups is 1. The Hall–Kier alpha value is -3.63. The van der Waals surface area contributed by atoms with Gasteiger partial charge in [-0.1, -0.05) is 17.3 Å². The molecule has 9 nitrogen and oxygen atoms in total. The third-order valence-corrected chi connectivity index (χ3v) is 5.57. The molecular formula is C20H19F2N7O2. The topological polar surface area (TPSA) is 98.1 Å². The minimum Gasteiger partial charge on any atom is -0.470 e. The summed E-state index contributed by atoms with van der Waals surface area (Å²) in [4.78, 5) is 13.8. The van der Waals surface area contributed by atoms with Gasteiger partial charge in [-0.2, -0.15) is 0 Å². The highest BCUT2D eigenvalue weighted by atomic mass is 19.3. The van der Waals surface area contributed by atoms with Gasteiger partial charge in [0, 0.05) is 24.2 Å². The molecule has 1 N–H and O–H groups in total. The summed E-state index contributed by atoms with van der Waals surface area (Å²) in [5.74, 6) is 0.977. The summed E-state index contributed by atoms with van der Waals surface area (Å²) in [6.07, 6.45) is -1.74. The summed E-state index contributed by atoms with van der Waals surface area (Å²) < 4.78 is 32.9. The Balaban J connectivity index is 1.28. The van der Waals surface area contributed by atoms with Gasteiger partial charge in [-0.15, -0.1) is 15.3 Å². The predicted octanol–water partition coefficient (Wildman–Crippen LogP) is 1.96. The van der Waals surface area contributed by atoms with Crippen molar-refractivity contribution in [3.8, 4) is 11.6 Å². The Morgan fingerprint density at radius 2 is 1.97 bits per heavy atom. The number of anilines is 1. The first-order chi connectivity index (χ1) is 15.0. The van der Waals surface area contributed by atoms with Gasteiger partial charge >= 0.3 is 0 Å². The lowest BCUT2D eigenvalue weighted by Gasteiger charge is -2.26. The van der Waals surface area contributed by atoms with E-state index < -0.39 is 6.43 Å². The number of alkyl halides is 2. The largest absolute Gasteiger partial charge is 0.470 e. The number of nitrogens with zero attached hydrogens (tertiary/aromatic N) is 6. The van der Waals surface area contributed by atoms with E-state index in [0.29, 0.717) is 28.8 Å². The number of benzene rings is 1. The molecule has 3 aromatic rings. The Bertz CT molecular complexity index is 1100. The molecule has 0 unspecified atom stereocenters. The fourth-order valence-electron chi connectivity index (χ4n) is 3.94. The minimum absolute atomic E-state index is 0.0243. The first-order valence-corrected chi connectivity index (χ1v) is 9.83. The molecule has 1 amide bonds. The standard InChI is InChI=1S/C20H19F2N7O2/c1-11-16(29(27-24-11)14-4-2-12(3-5-14)19(21)22)10-31-18-7-6-17(25-26-18)28-9-13-8-15(28)20(30)23-13/h2-7,13,15,19H,8-10H2,1H3,(H,23,30)/t13-,15-/m1/s1. The van der Waals surface area contributed by atoms with Crippen LogP contribution in [0, 0.1) is 6.92 Å². The van der Waals surface area contributed by atoms with E-state index in [1.54, 1.807) is 35.9 Å². The van der Waals surface area contributed by atoms with E-state index in [-0.39, 0.29) is 30.2 Å². The van der Waals surface area contributed by atoms with Crippen molar-refractivity contribution in [2.45, 2.75) is 38.5 Å². The van der Waals surface area contributed by atoms with E-state index in [0.717, 1.165) is 13.0 Å². The highest BCUT2D eigenvalue weighted by Crippen LogP contribution is 2.29. The molecule has 31 heavy (non-hydrogen) atoms. The zero-order valence-corrected chi connectivity index (χ0v) is 16.6.